The van der Waals surface area contributed by atoms with E-state index >= 15 is 0 Å². The van der Waals surface area contributed by atoms with Crippen LogP contribution in [-0.2, 0) is 4.79 Å². The highest BCUT2D eigenvalue weighted by Gasteiger charge is 2.38. The van der Waals surface area contributed by atoms with Gasteiger partial charge in [0, 0.05) is 13.1 Å². The van der Waals surface area contributed by atoms with Crippen LogP contribution in [0.5, 0.6) is 0 Å². The van der Waals surface area contributed by atoms with E-state index in [1.807, 2.05) is 0 Å². The fraction of sp³-hybridized carbons (Fsp3) is 0.500. The Morgan fingerprint density at radius 1 is 1.41 bits per heavy atom. The number of likely N-dealkylation sites (tertiary alicyclic amines) is 1. The van der Waals surface area contributed by atoms with Gasteiger partial charge in [-0.15, -0.1) is 0 Å². The smallest absolute Gasteiger partial charge is 0.309 e. The number of carbonyl (C=O) groups excluding carboxylic acids is 1. The summed E-state index contributed by atoms with van der Waals surface area (Å²) in [4.78, 5) is 24.6. The summed E-state index contributed by atoms with van der Waals surface area (Å²) in [5.41, 5.74) is -0.708. The monoisotopic (exact) mass is 237 g/mol. The van der Waals surface area contributed by atoms with E-state index < -0.39 is 11.4 Å². The topological polar surface area (TPSA) is 70.8 Å². The van der Waals surface area contributed by atoms with Crippen LogP contribution in [0, 0.1) is 5.41 Å². The van der Waals surface area contributed by atoms with Gasteiger partial charge in [0.15, 0.2) is 5.76 Å². The molecule has 2 rings (SSSR count). The first-order valence-corrected chi connectivity index (χ1v) is 5.59. The van der Waals surface area contributed by atoms with Crippen molar-refractivity contribution >= 4 is 11.9 Å². The molecule has 92 valence electrons. The highest BCUT2D eigenvalue weighted by atomic mass is 16.4. The number of hydrogen-bond donors (Lipinski definition) is 1. The van der Waals surface area contributed by atoms with E-state index in [1.165, 1.54) is 6.26 Å². The lowest BCUT2D eigenvalue weighted by Crippen LogP contribution is -2.45. The molecule has 0 atom stereocenters. The average molecular weight is 237 g/mol. The molecule has 1 fully saturated rings. The molecule has 1 amide bonds. The van der Waals surface area contributed by atoms with Gasteiger partial charge in [0.05, 0.1) is 11.7 Å². The van der Waals surface area contributed by atoms with E-state index in [0.29, 0.717) is 31.7 Å². The maximum absolute atomic E-state index is 11.9. The molecule has 1 aromatic rings. The molecule has 1 aliphatic heterocycles. The van der Waals surface area contributed by atoms with Gasteiger partial charge in [-0.25, -0.2) is 0 Å². The molecule has 1 aromatic heterocycles. The molecule has 0 radical (unpaired) electrons. The summed E-state index contributed by atoms with van der Waals surface area (Å²) in [7, 11) is 0. The van der Waals surface area contributed by atoms with Crippen molar-refractivity contribution in [2.45, 2.75) is 19.8 Å². The van der Waals surface area contributed by atoms with Crippen molar-refractivity contribution in [1.82, 2.24) is 4.90 Å². The SMILES string of the molecule is CC1(C(=O)O)CCN(C(=O)c2ccco2)CC1. The molecule has 2 heterocycles. The predicted octanol–water partition coefficient (Wildman–Crippen LogP) is 1.61. The fourth-order valence-electron chi connectivity index (χ4n) is 1.97. The second-order valence-corrected chi connectivity index (χ2v) is 4.64. The summed E-state index contributed by atoms with van der Waals surface area (Å²) in [6.45, 7) is 2.65. The molecule has 0 unspecified atom stereocenters. The molecule has 1 N–H and O–H groups in total. The first-order valence-electron chi connectivity index (χ1n) is 5.59. The van der Waals surface area contributed by atoms with Crippen molar-refractivity contribution in [1.29, 1.82) is 0 Å². The minimum absolute atomic E-state index is 0.164. The van der Waals surface area contributed by atoms with E-state index in [-0.39, 0.29) is 5.91 Å². The number of carbonyl (C=O) groups is 2. The quantitative estimate of drug-likeness (QED) is 0.848. The number of nitrogens with zero attached hydrogens (tertiary/aromatic N) is 1. The highest BCUT2D eigenvalue weighted by Crippen LogP contribution is 2.31. The second-order valence-electron chi connectivity index (χ2n) is 4.64. The van der Waals surface area contributed by atoms with Crippen LogP contribution >= 0.6 is 0 Å². The molecule has 0 aromatic carbocycles. The average Bonchev–Trinajstić information content (AvgIpc) is 2.82. The van der Waals surface area contributed by atoms with Crippen LogP contribution in [0.2, 0.25) is 0 Å². The maximum atomic E-state index is 11.9. The Hall–Kier alpha value is -1.78. The Kier molecular flexibility index (Phi) is 2.92. The van der Waals surface area contributed by atoms with Crippen molar-refractivity contribution in [3.8, 4) is 0 Å². The molecule has 17 heavy (non-hydrogen) atoms. The van der Waals surface area contributed by atoms with Gasteiger partial charge in [-0.3, -0.25) is 9.59 Å². The normalized spacial score (nSPS) is 19.0. The van der Waals surface area contributed by atoms with E-state index in [2.05, 4.69) is 0 Å². The van der Waals surface area contributed by atoms with Crippen molar-refractivity contribution in [3.05, 3.63) is 24.2 Å². The number of carboxylic acids is 1. The minimum atomic E-state index is -0.789. The van der Waals surface area contributed by atoms with Gasteiger partial charge < -0.3 is 14.4 Å². The minimum Gasteiger partial charge on any atom is -0.481 e. The molecule has 1 saturated heterocycles. The third-order valence-corrected chi connectivity index (χ3v) is 3.40. The summed E-state index contributed by atoms with van der Waals surface area (Å²) in [6, 6.07) is 3.28. The first kappa shape index (κ1) is 11.7. The van der Waals surface area contributed by atoms with Crippen molar-refractivity contribution < 1.29 is 19.1 Å². The Morgan fingerprint density at radius 3 is 2.53 bits per heavy atom. The molecular weight excluding hydrogens is 222 g/mol. The van der Waals surface area contributed by atoms with Crippen LogP contribution in [-0.4, -0.2) is 35.0 Å². The summed E-state index contributed by atoms with van der Waals surface area (Å²) in [5.74, 6) is -0.644. The molecule has 1 aliphatic rings. The Bertz CT molecular complexity index is 416. The number of amides is 1. The lowest BCUT2D eigenvalue weighted by Gasteiger charge is -2.36. The van der Waals surface area contributed by atoms with Crippen LogP contribution < -0.4 is 0 Å². The number of furan rings is 1. The molecule has 5 heteroatoms. The third kappa shape index (κ3) is 2.18. The van der Waals surface area contributed by atoms with Crippen LogP contribution in [0.1, 0.15) is 30.3 Å². The molecule has 0 aliphatic carbocycles. The third-order valence-electron chi connectivity index (χ3n) is 3.40. The molecular formula is C12H15NO4. The zero-order chi connectivity index (χ0) is 12.5. The van der Waals surface area contributed by atoms with Gasteiger partial charge in [0.2, 0.25) is 0 Å². The molecule has 0 saturated carbocycles. The van der Waals surface area contributed by atoms with E-state index in [4.69, 9.17) is 9.52 Å². The van der Waals surface area contributed by atoms with Crippen LogP contribution in [0.25, 0.3) is 0 Å². The highest BCUT2D eigenvalue weighted by molar-refractivity contribution is 5.91. The first-order chi connectivity index (χ1) is 8.03. The van der Waals surface area contributed by atoms with Gasteiger partial charge in [-0.05, 0) is 31.9 Å². The van der Waals surface area contributed by atoms with Gasteiger partial charge >= 0.3 is 5.97 Å². The summed E-state index contributed by atoms with van der Waals surface area (Å²) < 4.78 is 5.04. The van der Waals surface area contributed by atoms with E-state index in [0.717, 1.165) is 0 Å². The standard InChI is InChI=1S/C12H15NO4/c1-12(11(15)16)4-6-13(7-5-12)10(14)9-3-2-8-17-9/h2-3,8H,4-7H2,1H3,(H,15,16). The Labute approximate surface area is 99.0 Å². The zero-order valence-electron chi connectivity index (χ0n) is 9.68. The van der Waals surface area contributed by atoms with Gasteiger partial charge in [-0.1, -0.05) is 0 Å². The number of rotatable bonds is 2. The van der Waals surface area contributed by atoms with Crippen LogP contribution in [0.15, 0.2) is 22.8 Å². The predicted molar refractivity (Wildman–Crippen MR) is 59.6 cm³/mol. The summed E-state index contributed by atoms with van der Waals surface area (Å²) in [5, 5.41) is 9.08. The largest absolute Gasteiger partial charge is 0.481 e. The number of piperidine rings is 1. The Morgan fingerprint density at radius 2 is 2.06 bits per heavy atom. The van der Waals surface area contributed by atoms with Crippen molar-refractivity contribution in [3.63, 3.8) is 0 Å². The summed E-state index contributed by atoms with van der Waals surface area (Å²) >= 11 is 0. The van der Waals surface area contributed by atoms with Crippen LogP contribution in [0.4, 0.5) is 0 Å². The van der Waals surface area contributed by atoms with Crippen molar-refractivity contribution in [2.24, 2.45) is 5.41 Å². The van der Waals surface area contributed by atoms with E-state index in [9.17, 15) is 9.59 Å². The number of carboxylic acid groups (broad SMARTS) is 1. The van der Waals surface area contributed by atoms with Gasteiger partial charge in [0.25, 0.3) is 5.91 Å². The zero-order valence-corrected chi connectivity index (χ0v) is 9.68. The fourth-order valence-corrected chi connectivity index (χ4v) is 1.97. The van der Waals surface area contributed by atoms with E-state index in [1.54, 1.807) is 24.0 Å². The molecule has 0 spiro atoms. The second kappa shape index (κ2) is 4.24. The number of hydrogen-bond acceptors (Lipinski definition) is 3. The summed E-state index contributed by atoms with van der Waals surface area (Å²) in [6.07, 6.45) is 2.42. The Balaban J connectivity index is 2.00. The lowest BCUT2D eigenvalue weighted by atomic mass is 9.80. The number of aliphatic carboxylic acids is 1. The lowest BCUT2D eigenvalue weighted by molar-refractivity contribution is -0.150. The van der Waals surface area contributed by atoms with Crippen molar-refractivity contribution in [2.75, 3.05) is 13.1 Å². The van der Waals surface area contributed by atoms with Gasteiger partial charge in [0.1, 0.15) is 0 Å². The molecule has 0 bridgehead atoms. The maximum Gasteiger partial charge on any atom is 0.309 e. The van der Waals surface area contributed by atoms with Gasteiger partial charge in [-0.2, -0.15) is 0 Å². The van der Waals surface area contributed by atoms with Crippen LogP contribution in [0.3, 0.4) is 0 Å². The molecule has 5 nitrogen and oxygen atoms in total.